The second kappa shape index (κ2) is 7.91. The van der Waals surface area contributed by atoms with Crippen molar-refractivity contribution in [2.75, 3.05) is 0 Å². The first-order valence-corrected chi connectivity index (χ1v) is 12.0. The molecule has 1 N–H and O–H groups in total. The van der Waals surface area contributed by atoms with E-state index in [1.54, 1.807) is 42.5 Å². The smallest absolute Gasteiger partial charge is 0.326 e. The highest BCUT2D eigenvalue weighted by Crippen LogP contribution is 2.37. The van der Waals surface area contributed by atoms with Crippen LogP contribution >= 0.6 is 0 Å². The zero-order valence-electron chi connectivity index (χ0n) is 17.3. The molecule has 2 aromatic carbocycles. The first kappa shape index (κ1) is 20.5. The Morgan fingerprint density at radius 1 is 1.03 bits per heavy atom. The van der Waals surface area contributed by atoms with Crippen molar-refractivity contribution in [1.82, 2.24) is 9.55 Å². The van der Waals surface area contributed by atoms with Crippen molar-refractivity contribution in [3.05, 3.63) is 89.7 Å². The number of hydrogen-bond acceptors (Lipinski definition) is 4. The van der Waals surface area contributed by atoms with Crippen LogP contribution in [-0.2, 0) is 27.5 Å². The molecule has 0 radical (unpaired) electrons. The monoisotopic (exact) mass is 446 g/mol. The molecule has 1 aliphatic heterocycles. The zero-order valence-corrected chi connectivity index (χ0v) is 18.1. The lowest BCUT2D eigenvalue weighted by molar-refractivity contribution is -0.141. The van der Waals surface area contributed by atoms with Gasteiger partial charge in [0, 0.05) is 29.2 Å². The van der Waals surface area contributed by atoms with Gasteiger partial charge in [0.05, 0.1) is 4.90 Å². The van der Waals surface area contributed by atoms with E-state index in [4.69, 9.17) is 0 Å². The van der Waals surface area contributed by atoms with E-state index in [1.807, 2.05) is 28.8 Å². The molecule has 0 fully saturated rings. The van der Waals surface area contributed by atoms with Crippen LogP contribution in [0.25, 0.3) is 10.9 Å². The molecular weight excluding hydrogens is 424 g/mol. The molecule has 0 saturated carbocycles. The number of pyridine rings is 1. The Morgan fingerprint density at radius 3 is 2.56 bits per heavy atom. The van der Waals surface area contributed by atoms with Gasteiger partial charge in [0.1, 0.15) is 6.04 Å². The van der Waals surface area contributed by atoms with E-state index in [-0.39, 0.29) is 9.92 Å². The van der Waals surface area contributed by atoms with Gasteiger partial charge in [0.2, 0.25) is 9.84 Å². The summed E-state index contributed by atoms with van der Waals surface area (Å²) in [5.41, 5.74) is 3.43. The summed E-state index contributed by atoms with van der Waals surface area (Å²) >= 11 is 0. The molecule has 1 aliphatic rings. The fraction of sp³-hybridized carbons (Fsp3) is 0.200. The Kier molecular flexibility index (Phi) is 5.06. The van der Waals surface area contributed by atoms with Crippen molar-refractivity contribution in [2.24, 2.45) is 0 Å². The Labute approximate surface area is 186 Å². The first-order valence-electron chi connectivity index (χ1n) is 10.6. The lowest BCUT2D eigenvalue weighted by Gasteiger charge is -2.24. The number of nitrogens with zero attached hydrogens (tertiary/aromatic N) is 2. The van der Waals surface area contributed by atoms with Crippen molar-refractivity contribution in [1.29, 1.82) is 0 Å². The summed E-state index contributed by atoms with van der Waals surface area (Å²) < 4.78 is 28.6. The van der Waals surface area contributed by atoms with Crippen molar-refractivity contribution in [3.8, 4) is 0 Å². The predicted molar refractivity (Wildman–Crippen MR) is 120 cm³/mol. The Bertz CT molecular complexity index is 1430. The van der Waals surface area contributed by atoms with Crippen LogP contribution in [0, 0.1) is 0 Å². The van der Waals surface area contributed by atoms with E-state index in [1.165, 1.54) is 6.20 Å². The van der Waals surface area contributed by atoms with Crippen LogP contribution in [0.15, 0.2) is 82.8 Å². The molecule has 3 heterocycles. The lowest BCUT2D eigenvalue weighted by atomic mass is 9.97. The number of aliphatic carboxylic acids is 1. The van der Waals surface area contributed by atoms with Gasteiger partial charge in [-0.15, -0.1) is 0 Å². The summed E-state index contributed by atoms with van der Waals surface area (Å²) in [4.78, 5) is 16.4. The number of benzene rings is 2. The van der Waals surface area contributed by atoms with Crippen molar-refractivity contribution < 1.29 is 18.3 Å². The van der Waals surface area contributed by atoms with E-state index in [9.17, 15) is 18.3 Å². The number of hydrogen-bond donors (Lipinski definition) is 1. The van der Waals surface area contributed by atoms with Gasteiger partial charge in [0.15, 0.2) is 5.03 Å². The number of rotatable bonds is 5. The minimum atomic E-state index is -3.78. The number of para-hydroxylation sites is 1. The van der Waals surface area contributed by atoms with Gasteiger partial charge < -0.3 is 9.67 Å². The number of fused-ring (bicyclic) bond motifs is 3. The second-order valence-corrected chi connectivity index (χ2v) is 9.88. The average molecular weight is 447 g/mol. The second-order valence-electron chi connectivity index (χ2n) is 8.02. The van der Waals surface area contributed by atoms with Gasteiger partial charge >= 0.3 is 5.97 Å². The van der Waals surface area contributed by atoms with Crippen LogP contribution in [0.4, 0.5) is 0 Å². The number of carboxylic acids is 1. The van der Waals surface area contributed by atoms with Gasteiger partial charge in [-0.25, -0.2) is 18.2 Å². The summed E-state index contributed by atoms with van der Waals surface area (Å²) in [5, 5.41) is 10.8. The standard InChI is InChI=1S/C25H22N2O4S/c28-25(29)23-14-6-13-22-20(19-11-4-5-12-21(19)27(22)23)16-17-8-7-15-26-24(17)32(30,31)18-9-2-1-3-10-18/h1-5,7-12,15,23H,6,13-14,16H2,(H,28,29). The maximum absolute atomic E-state index is 13.3. The number of carbonyl (C=O) groups is 1. The molecule has 4 aromatic rings. The largest absolute Gasteiger partial charge is 0.480 e. The van der Waals surface area contributed by atoms with E-state index in [2.05, 4.69) is 4.98 Å². The molecule has 7 heteroatoms. The van der Waals surface area contributed by atoms with Crippen LogP contribution in [0.1, 0.15) is 35.7 Å². The molecule has 0 amide bonds. The predicted octanol–water partition coefficient (Wildman–Crippen LogP) is 4.42. The fourth-order valence-electron chi connectivity index (χ4n) is 4.74. The topological polar surface area (TPSA) is 89.3 Å². The van der Waals surface area contributed by atoms with Crippen molar-refractivity contribution >= 4 is 26.7 Å². The van der Waals surface area contributed by atoms with E-state index >= 15 is 0 Å². The normalized spacial score (nSPS) is 16.1. The summed E-state index contributed by atoms with van der Waals surface area (Å²) in [6.45, 7) is 0. The molecule has 32 heavy (non-hydrogen) atoms. The first-order chi connectivity index (χ1) is 15.5. The maximum atomic E-state index is 13.3. The third-order valence-electron chi connectivity index (χ3n) is 6.14. The van der Waals surface area contributed by atoms with Crippen LogP contribution < -0.4 is 0 Å². The summed E-state index contributed by atoms with van der Waals surface area (Å²) in [6, 6.07) is 19.0. The van der Waals surface area contributed by atoms with Crippen LogP contribution in [0.3, 0.4) is 0 Å². The zero-order chi connectivity index (χ0) is 22.3. The third-order valence-corrected chi connectivity index (χ3v) is 7.91. The lowest BCUT2D eigenvalue weighted by Crippen LogP contribution is -2.25. The Balaban J connectivity index is 1.68. The van der Waals surface area contributed by atoms with Crippen molar-refractivity contribution in [3.63, 3.8) is 0 Å². The van der Waals surface area contributed by atoms with Crippen molar-refractivity contribution in [2.45, 2.75) is 41.6 Å². The molecule has 2 aromatic heterocycles. The number of carboxylic acid groups (broad SMARTS) is 1. The maximum Gasteiger partial charge on any atom is 0.326 e. The Morgan fingerprint density at radius 2 is 1.78 bits per heavy atom. The number of sulfone groups is 1. The molecule has 1 atom stereocenters. The van der Waals surface area contributed by atoms with E-state index < -0.39 is 21.8 Å². The van der Waals surface area contributed by atoms with Crippen LogP contribution in [0.2, 0.25) is 0 Å². The molecule has 162 valence electrons. The minimum Gasteiger partial charge on any atom is -0.480 e. The quantitative estimate of drug-likeness (QED) is 0.490. The van der Waals surface area contributed by atoms with Crippen LogP contribution in [-0.4, -0.2) is 29.0 Å². The van der Waals surface area contributed by atoms with E-state index in [0.29, 0.717) is 18.4 Å². The SMILES string of the molecule is O=C(O)C1CCCc2c(Cc3cccnc3S(=O)(=O)c3ccccc3)c3ccccc3n21. The highest BCUT2D eigenvalue weighted by Gasteiger charge is 2.31. The molecule has 0 bridgehead atoms. The fourth-order valence-corrected chi connectivity index (χ4v) is 6.16. The summed E-state index contributed by atoms with van der Waals surface area (Å²) in [7, 11) is -3.78. The molecule has 0 aliphatic carbocycles. The average Bonchev–Trinajstić information content (AvgIpc) is 3.14. The van der Waals surface area contributed by atoms with Gasteiger partial charge in [0.25, 0.3) is 0 Å². The van der Waals surface area contributed by atoms with Gasteiger partial charge in [-0.2, -0.15) is 0 Å². The van der Waals surface area contributed by atoms with E-state index in [0.717, 1.165) is 35.0 Å². The minimum absolute atomic E-state index is 0.0424. The highest BCUT2D eigenvalue weighted by atomic mass is 32.2. The molecule has 6 nitrogen and oxygen atoms in total. The molecule has 1 unspecified atom stereocenters. The van der Waals surface area contributed by atoms with Gasteiger partial charge in [-0.1, -0.05) is 42.5 Å². The Hall–Kier alpha value is -3.45. The summed E-state index contributed by atoms with van der Waals surface area (Å²) in [5.74, 6) is -0.841. The van der Waals surface area contributed by atoms with Gasteiger partial charge in [-0.3, -0.25) is 0 Å². The van der Waals surface area contributed by atoms with Crippen LogP contribution in [0.5, 0.6) is 0 Å². The molecular formula is C25H22N2O4S. The third kappa shape index (κ3) is 3.29. The molecule has 0 spiro atoms. The molecule has 5 rings (SSSR count). The highest BCUT2D eigenvalue weighted by molar-refractivity contribution is 7.91. The van der Waals surface area contributed by atoms with Gasteiger partial charge in [-0.05, 0) is 54.7 Å². The molecule has 0 saturated heterocycles. The number of aromatic nitrogens is 2. The summed E-state index contributed by atoms with van der Waals surface area (Å²) in [6.07, 6.45) is 3.98.